The number of carbonyl (C=O) groups is 1. The van der Waals surface area contributed by atoms with Crippen LogP contribution in [0, 0.1) is 5.82 Å². The monoisotopic (exact) mass is 338 g/mol. The van der Waals surface area contributed by atoms with E-state index in [2.05, 4.69) is 10.2 Å². The molecule has 24 heavy (non-hydrogen) atoms. The highest BCUT2D eigenvalue weighted by Gasteiger charge is 2.14. The molecule has 0 aliphatic heterocycles. The van der Waals surface area contributed by atoms with E-state index < -0.39 is 11.6 Å². The Balaban J connectivity index is 1.90. The number of halogens is 2. The third-order valence-corrected chi connectivity index (χ3v) is 3.59. The number of nitrogens with zero attached hydrogens (tertiary/aromatic N) is 2. The SMILES string of the molecule is O=C(c1ccc(Cl)cc1)c1cc(N=Nc2ccccc2)ccc1F. The summed E-state index contributed by atoms with van der Waals surface area (Å²) in [6.45, 7) is 0. The molecule has 3 rings (SSSR count). The molecule has 0 radical (unpaired) electrons. The first-order valence-corrected chi connectivity index (χ1v) is 7.58. The Morgan fingerprint density at radius 1 is 0.833 bits per heavy atom. The maximum Gasteiger partial charge on any atom is 0.196 e. The van der Waals surface area contributed by atoms with Crippen molar-refractivity contribution in [2.45, 2.75) is 0 Å². The number of benzene rings is 3. The van der Waals surface area contributed by atoms with Gasteiger partial charge in [-0.2, -0.15) is 10.2 Å². The molecular formula is C19H12ClFN2O. The molecule has 0 bridgehead atoms. The Kier molecular flexibility index (Phi) is 4.77. The maximum atomic E-state index is 14.0. The topological polar surface area (TPSA) is 41.8 Å². The molecule has 5 heteroatoms. The molecule has 0 atom stereocenters. The summed E-state index contributed by atoms with van der Waals surface area (Å²) in [5, 5.41) is 8.63. The normalized spacial score (nSPS) is 10.9. The van der Waals surface area contributed by atoms with Crippen LogP contribution in [0.3, 0.4) is 0 Å². The number of rotatable bonds is 4. The van der Waals surface area contributed by atoms with Crippen molar-refractivity contribution in [1.29, 1.82) is 0 Å². The van der Waals surface area contributed by atoms with Crippen LogP contribution in [-0.4, -0.2) is 5.78 Å². The van der Waals surface area contributed by atoms with Crippen LogP contribution in [0.4, 0.5) is 15.8 Å². The van der Waals surface area contributed by atoms with Gasteiger partial charge in [-0.3, -0.25) is 4.79 Å². The molecule has 3 aromatic carbocycles. The molecule has 0 aromatic heterocycles. The number of carbonyl (C=O) groups excluding carboxylic acids is 1. The van der Waals surface area contributed by atoms with Gasteiger partial charge >= 0.3 is 0 Å². The van der Waals surface area contributed by atoms with Crippen molar-refractivity contribution >= 4 is 28.8 Å². The van der Waals surface area contributed by atoms with Crippen molar-refractivity contribution in [3.63, 3.8) is 0 Å². The highest BCUT2D eigenvalue weighted by atomic mass is 35.5. The number of ketones is 1. The lowest BCUT2D eigenvalue weighted by Crippen LogP contribution is -2.03. The molecule has 0 spiro atoms. The second-order valence-corrected chi connectivity index (χ2v) is 5.47. The Bertz CT molecular complexity index is 893. The van der Waals surface area contributed by atoms with E-state index in [1.807, 2.05) is 18.2 Å². The van der Waals surface area contributed by atoms with Crippen molar-refractivity contribution < 1.29 is 9.18 Å². The van der Waals surface area contributed by atoms with Crippen molar-refractivity contribution in [1.82, 2.24) is 0 Å². The second kappa shape index (κ2) is 7.15. The van der Waals surface area contributed by atoms with Crippen LogP contribution in [0.5, 0.6) is 0 Å². The van der Waals surface area contributed by atoms with Crippen LogP contribution in [0.1, 0.15) is 15.9 Å². The molecule has 3 aromatic rings. The molecule has 3 nitrogen and oxygen atoms in total. The zero-order chi connectivity index (χ0) is 16.9. The summed E-state index contributed by atoms with van der Waals surface area (Å²) >= 11 is 5.81. The summed E-state index contributed by atoms with van der Waals surface area (Å²) < 4.78 is 14.0. The average Bonchev–Trinajstić information content (AvgIpc) is 2.62. The molecule has 0 aliphatic rings. The van der Waals surface area contributed by atoms with E-state index in [-0.39, 0.29) is 5.56 Å². The number of hydrogen-bond donors (Lipinski definition) is 0. The molecule has 118 valence electrons. The van der Waals surface area contributed by atoms with Crippen molar-refractivity contribution in [3.05, 3.63) is 94.8 Å². The van der Waals surface area contributed by atoms with Gasteiger partial charge in [0.2, 0.25) is 0 Å². The minimum Gasteiger partial charge on any atom is -0.288 e. The second-order valence-electron chi connectivity index (χ2n) is 5.04. The molecule has 0 aliphatic carbocycles. The lowest BCUT2D eigenvalue weighted by molar-refractivity contribution is 0.103. The Labute approximate surface area is 143 Å². The Morgan fingerprint density at radius 2 is 1.50 bits per heavy atom. The number of azo groups is 1. The van der Waals surface area contributed by atoms with Crippen LogP contribution in [0.15, 0.2) is 83.0 Å². The third kappa shape index (κ3) is 3.73. The third-order valence-electron chi connectivity index (χ3n) is 3.34. The molecule has 0 unspecified atom stereocenters. The average molecular weight is 339 g/mol. The Morgan fingerprint density at radius 3 is 2.21 bits per heavy atom. The predicted molar refractivity (Wildman–Crippen MR) is 91.9 cm³/mol. The largest absolute Gasteiger partial charge is 0.288 e. The van der Waals surface area contributed by atoms with Crippen LogP contribution >= 0.6 is 11.6 Å². The van der Waals surface area contributed by atoms with Gasteiger partial charge in [0, 0.05) is 10.6 Å². The van der Waals surface area contributed by atoms with Gasteiger partial charge in [0.15, 0.2) is 5.78 Å². The van der Waals surface area contributed by atoms with Gasteiger partial charge in [0.05, 0.1) is 16.9 Å². The predicted octanol–water partition coefficient (Wildman–Crippen LogP) is 6.13. The summed E-state index contributed by atoms with van der Waals surface area (Å²) in [4.78, 5) is 12.4. The highest BCUT2D eigenvalue weighted by Crippen LogP contribution is 2.23. The number of hydrogen-bond acceptors (Lipinski definition) is 3. The van der Waals surface area contributed by atoms with E-state index in [1.165, 1.54) is 18.2 Å². The van der Waals surface area contributed by atoms with Crippen molar-refractivity contribution in [2.75, 3.05) is 0 Å². The van der Waals surface area contributed by atoms with Gasteiger partial charge in [-0.05, 0) is 54.6 Å². The van der Waals surface area contributed by atoms with Gasteiger partial charge in [0.1, 0.15) is 5.82 Å². The smallest absolute Gasteiger partial charge is 0.196 e. The van der Waals surface area contributed by atoms with Crippen molar-refractivity contribution in [2.24, 2.45) is 10.2 Å². The van der Waals surface area contributed by atoms with Crippen LogP contribution < -0.4 is 0 Å². The van der Waals surface area contributed by atoms with Crippen LogP contribution in [0.25, 0.3) is 0 Å². The van der Waals surface area contributed by atoms with Gasteiger partial charge in [-0.1, -0.05) is 29.8 Å². The Hall–Kier alpha value is -2.85. The van der Waals surface area contributed by atoms with E-state index in [0.717, 1.165) is 0 Å². The fourth-order valence-electron chi connectivity index (χ4n) is 2.12. The van der Waals surface area contributed by atoms with Gasteiger partial charge in [-0.15, -0.1) is 0 Å². The van der Waals surface area contributed by atoms with Crippen molar-refractivity contribution in [3.8, 4) is 0 Å². The first-order chi connectivity index (χ1) is 11.6. The summed E-state index contributed by atoms with van der Waals surface area (Å²) in [7, 11) is 0. The van der Waals surface area contributed by atoms with E-state index >= 15 is 0 Å². The minimum atomic E-state index is -0.603. The van der Waals surface area contributed by atoms with Gasteiger partial charge < -0.3 is 0 Å². The molecule has 0 saturated carbocycles. The molecule has 0 amide bonds. The summed E-state index contributed by atoms with van der Waals surface area (Å²) in [5.41, 5.74) is 1.38. The molecule has 0 N–H and O–H groups in total. The lowest BCUT2D eigenvalue weighted by atomic mass is 10.0. The van der Waals surface area contributed by atoms with Gasteiger partial charge in [-0.25, -0.2) is 4.39 Å². The highest BCUT2D eigenvalue weighted by molar-refractivity contribution is 6.30. The van der Waals surface area contributed by atoms with Crippen LogP contribution in [-0.2, 0) is 0 Å². The van der Waals surface area contributed by atoms with E-state index in [0.29, 0.717) is 22.0 Å². The minimum absolute atomic E-state index is 0.0539. The van der Waals surface area contributed by atoms with Crippen LogP contribution in [0.2, 0.25) is 5.02 Å². The first kappa shape index (κ1) is 16.0. The molecule has 0 fully saturated rings. The molecule has 0 heterocycles. The summed E-state index contributed by atoms with van der Waals surface area (Å²) in [6.07, 6.45) is 0. The zero-order valence-electron chi connectivity index (χ0n) is 12.5. The summed E-state index contributed by atoms with van der Waals surface area (Å²) in [6, 6.07) is 19.5. The standard InChI is InChI=1S/C19H12ClFN2O/c20-14-8-6-13(7-9-14)19(24)17-12-16(10-11-18(17)21)23-22-15-4-2-1-3-5-15/h1-12H. The first-order valence-electron chi connectivity index (χ1n) is 7.20. The van der Waals surface area contributed by atoms with Gasteiger partial charge in [0.25, 0.3) is 0 Å². The quantitative estimate of drug-likeness (QED) is 0.417. The molecular weight excluding hydrogens is 327 g/mol. The fourth-order valence-corrected chi connectivity index (χ4v) is 2.24. The maximum absolute atomic E-state index is 14.0. The van der Waals surface area contributed by atoms with E-state index in [9.17, 15) is 9.18 Å². The zero-order valence-corrected chi connectivity index (χ0v) is 13.2. The fraction of sp³-hybridized carbons (Fsp3) is 0. The lowest BCUT2D eigenvalue weighted by Gasteiger charge is -2.04. The summed E-state index contributed by atoms with van der Waals surface area (Å²) in [5.74, 6) is -1.03. The van der Waals surface area contributed by atoms with E-state index in [4.69, 9.17) is 11.6 Å². The molecule has 0 saturated heterocycles. The van der Waals surface area contributed by atoms with E-state index in [1.54, 1.807) is 36.4 Å².